The number of hydrogen-bond donors (Lipinski definition) is 2. The van der Waals surface area contributed by atoms with Gasteiger partial charge in [-0.3, -0.25) is 0 Å². The van der Waals surface area contributed by atoms with Crippen LogP contribution < -0.4 is 5.73 Å². The molecule has 0 amide bonds. The standard InChI is InChI=1S/C6H13NO2.ClH/c7-5(4-8)6-2-1-3-9-6;/h5-6,8H,1-4,7H2;1H. The maximum atomic E-state index is 8.59. The van der Waals surface area contributed by atoms with Gasteiger partial charge in [0.25, 0.3) is 0 Å². The minimum atomic E-state index is -0.174. The lowest BCUT2D eigenvalue weighted by molar-refractivity contribution is 0.0693. The minimum absolute atomic E-state index is 0. The summed E-state index contributed by atoms with van der Waals surface area (Å²) in [6.45, 7) is 0.836. The normalized spacial score (nSPS) is 27.6. The topological polar surface area (TPSA) is 55.5 Å². The van der Waals surface area contributed by atoms with Gasteiger partial charge in [0, 0.05) is 6.61 Å². The molecule has 0 aromatic carbocycles. The summed E-state index contributed by atoms with van der Waals surface area (Å²) in [6, 6.07) is -0.174. The molecule has 1 heterocycles. The average Bonchev–Trinajstić information content (AvgIpc) is 2.37. The fraction of sp³-hybridized carbons (Fsp3) is 1.00. The lowest BCUT2D eigenvalue weighted by Crippen LogP contribution is -2.37. The van der Waals surface area contributed by atoms with Crippen LogP contribution >= 0.6 is 12.4 Å². The van der Waals surface area contributed by atoms with Gasteiger partial charge in [-0.1, -0.05) is 0 Å². The molecule has 62 valence electrons. The van der Waals surface area contributed by atoms with Crippen LogP contribution in [-0.4, -0.2) is 30.5 Å². The van der Waals surface area contributed by atoms with Gasteiger partial charge in [-0.25, -0.2) is 0 Å². The van der Waals surface area contributed by atoms with E-state index in [1.807, 2.05) is 0 Å². The number of ether oxygens (including phenoxy) is 1. The Hall–Kier alpha value is 0.170. The van der Waals surface area contributed by atoms with E-state index in [1.54, 1.807) is 0 Å². The monoisotopic (exact) mass is 167 g/mol. The molecule has 4 heteroatoms. The van der Waals surface area contributed by atoms with Crippen LogP contribution in [0.1, 0.15) is 12.8 Å². The molecular weight excluding hydrogens is 154 g/mol. The van der Waals surface area contributed by atoms with Crippen molar-refractivity contribution in [1.29, 1.82) is 0 Å². The Morgan fingerprint density at radius 2 is 2.40 bits per heavy atom. The van der Waals surface area contributed by atoms with Gasteiger partial charge in [-0.2, -0.15) is 0 Å². The van der Waals surface area contributed by atoms with Crippen LogP contribution in [0.25, 0.3) is 0 Å². The third-order valence-corrected chi connectivity index (χ3v) is 1.65. The van der Waals surface area contributed by atoms with Crippen LogP contribution in [0.2, 0.25) is 0 Å². The Kier molecular flexibility index (Phi) is 4.99. The molecule has 2 unspecified atom stereocenters. The number of aliphatic hydroxyl groups excluding tert-OH is 1. The molecule has 1 saturated heterocycles. The average molecular weight is 168 g/mol. The molecule has 0 aromatic rings. The van der Waals surface area contributed by atoms with E-state index >= 15 is 0 Å². The van der Waals surface area contributed by atoms with E-state index in [1.165, 1.54) is 0 Å². The van der Waals surface area contributed by atoms with Gasteiger partial charge in [-0.05, 0) is 12.8 Å². The molecule has 0 aliphatic carbocycles. The van der Waals surface area contributed by atoms with Crippen molar-refractivity contribution in [3.63, 3.8) is 0 Å². The van der Waals surface area contributed by atoms with Gasteiger partial charge in [0.2, 0.25) is 0 Å². The van der Waals surface area contributed by atoms with Crippen molar-refractivity contribution in [2.24, 2.45) is 5.73 Å². The Morgan fingerprint density at radius 3 is 2.80 bits per heavy atom. The number of aliphatic hydroxyl groups is 1. The first-order valence-electron chi connectivity index (χ1n) is 3.32. The van der Waals surface area contributed by atoms with Crippen LogP contribution in [0.3, 0.4) is 0 Å². The van der Waals surface area contributed by atoms with E-state index in [0.717, 1.165) is 19.4 Å². The molecule has 10 heavy (non-hydrogen) atoms. The first kappa shape index (κ1) is 10.2. The third kappa shape index (κ3) is 2.42. The van der Waals surface area contributed by atoms with Gasteiger partial charge in [-0.15, -0.1) is 12.4 Å². The largest absolute Gasteiger partial charge is 0.395 e. The summed E-state index contributed by atoms with van der Waals surface area (Å²) < 4.78 is 5.22. The number of rotatable bonds is 2. The van der Waals surface area contributed by atoms with Crippen LogP contribution in [0.15, 0.2) is 0 Å². The van der Waals surface area contributed by atoms with Crippen molar-refractivity contribution in [1.82, 2.24) is 0 Å². The first-order valence-corrected chi connectivity index (χ1v) is 3.32. The van der Waals surface area contributed by atoms with Crippen molar-refractivity contribution in [3.8, 4) is 0 Å². The summed E-state index contributed by atoms with van der Waals surface area (Å²) in [7, 11) is 0. The summed E-state index contributed by atoms with van der Waals surface area (Å²) in [5.41, 5.74) is 5.50. The van der Waals surface area contributed by atoms with Gasteiger partial charge in [0.1, 0.15) is 0 Å². The highest BCUT2D eigenvalue weighted by Crippen LogP contribution is 2.13. The SMILES string of the molecule is Cl.NC(CO)C1CCCO1. The summed E-state index contributed by atoms with van der Waals surface area (Å²) in [6.07, 6.45) is 2.19. The maximum Gasteiger partial charge on any atom is 0.0749 e. The molecule has 0 spiro atoms. The molecule has 0 aromatic heterocycles. The second kappa shape index (κ2) is 4.91. The summed E-state index contributed by atoms with van der Waals surface area (Å²) in [5, 5.41) is 8.59. The number of nitrogens with two attached hydrogens (primary N) is 1. The Bertz CT molecular complexity index is 85.8. The van der Waals surface area contributed by atoms with Crippen molar-refractivity contribution in [3.05, 3.63) is 0 Å². The van der Waals surface area contributed by atoms with E-state index in [2.05, 4.69) is 0 Å². The molecule has 1 aliphatic rings. The second-order valence-electron chi connectivity index (χ2n) is 2.40. The molecule has 0 radical (unpaired) electrons. The molecule has 2 atom stereocenters. The predicted octanol–water partition coefficient (Wildman–Crippen LogP) is -0.0932. The fourth-order valence-corrected chi connectivity index (χ4v) is 1.06. The van der Waals surface area contributed by atoms with Crippen LogP contribution in [-0.2, 0) is 4.74 Å². The fourth-order valence-electron chi connectivity index (χ4n) is 1.06. The molecule has 1 rings (SSSR count). The molecular formula is C6H14ClNO2. The van der Waals surface area contributed by atoms with Crippen molar-refractivity contribution < 1.29 is 9.84 Å². The second-order valence-corrected chi connectivity index (χ2v) is 2.40. The van der Waals surface area contributed by atoms with E-state index in [-0.39, 0.29) is 31.2 Å². The quantitative estimate of drug-likeness (QED) is 0.605. The zero-order valence-electron chi connectivity index (χ0n) is 5.82. The molecule has 0 bridgehead atoms. The smallest absolute Gasteiger partial charge is 0.0749 e. The summed E-state index contributed by atoms with van der Waals surface area (Å²) in [4.78, 5) is 0. The maximum absolute atomic E-state index is 8.59. The third-order valence-electron chi connectivity index (χ3n) is 1.65. The van der Waals surface area contributed by atoms with Crippen molar-refractivity contribution >= 4 is 12.4 Å². The lowest BCUT2D eigenvalue weighted by atomic mass is 10.1. The summed E-state index contributed by atoms with van der Waals surface area (Å²) in [5.74, 6) is 0. The summed E-state index contributed by atoms with van der Waals surface area (Å²) >= 11 is 0. The van der Waals surface area contributed by atoms with Crippen molar-refractivity contribution in [2.75, 3.05) is 13.2 Å². The zero-order valence-corrected chi connectivity index (χ0v) is 6.64. The minimum Gasteiger partial charge on any atom is -0.395 e. The molecule has 1 fully saturated rings. The molecule has 0 saturated carbocycles. The van der Waals surface area contributed by atoms with Crippen LogP contribution in [0.4, 0.5) is 0 Å². The van der Waals surface area contributed by atoms with E-state index in [9.17, 15) is 0 Å². The van der Waals surface area contributed by atoms with Gasteiger partial charge < -0.3 is 15.6 Å². The highest BCUT2D eigenvalue weighted by Gasteiger charge is 2.21. The zero-order chi connectivity index (χ0) is 6.69. The van der Waals surface area contributed by atoms with Gasteiger partial charge >= 0.3 is 0 Å². The number of hydrogen-bond acceptors (Lipinski definition) is 3. The Labute approximate surface area is 67.0 Å². The number of halogens is 1. The molecule has 1 aliphatic heterocycles. The van der Waals surface area contributed by atoms with Gasteiger partial charge in [0.05, 0.1) is 18.8 Å². The van der Waals surface area contributed by atoms with Crippen LogP contribution in [0.5, 0.6) is 0 Å². The Balaban J connectivity index is 0.000000810. The van der Waals surface area contributed by atoms with E-state index < -0.39 is 0 Å². The predicted molar refractivity (Wildman–Crippen MR) is 41.3 cm³/mol. The molecule has 3 nitrogen and oxygen atoms in total. The Morgan fingerprint density at radius 1 is 1.70 bits per heavy atom. The van der Waals surface area contributed by atoms with E-state index in [4.69, 9.17) is 15.6 Å². The van der Waals surface area contributed by atoms with Crippen molar-refractivity contribution in [2.45, 2.75) is 25.0 Å². The van der Waals surface area contributed by atoms with Crippen LogP contribution in [0, 0.1) is 0 Å². The first-order chi connectivity index (χ1) is 4.34. The van der Waals surface area contributed by atoms with E-state index in [0.29, 0.717) is 0 Å². The highest BCUT2D eigenvalue weighted by atomic mass is 35.5. The highest BCUT2D eigenvalue weighted by molar-refractivity contribution is 5.85. The molecule has 3 N–H and O–H groups in total. The lowest BCUT2D eigenvalue weighted by Gasteiger charge is -2.14. The van der Waals surface area contributed by atoms with Gasteiger partial charge in [0.15, 0.2) is 0 Å².